The molecular weight excluding hydrogens is 378 g/mol. The number of imidazole rings is 1. The first-order valence-corrected chi connectivity index (χ1v) is 8.31. The molecule has 0 unspecified atom stereocenters. The van der Waals surface area contributed by atoms with Gasteiger partial charge >= 0.3 is 10.8 Å². The van der Waals surface area contributed by atoms with E-state index in [-0.39, 0.29) is 12.4 Å². The molecule has 2 heterocycles. The van der Waals surface area contributed by atoms with Crippen molar-refractivity contribution in [3.05, 3.63) is 49.6 Å². The predicted octanol–water partition coefficient (Wildman–Crippen LogP) is 1.43. The maximum Gasteiger partial charge on any atom is 0.396 e. The number of amides is 1. The topological polar surface area (TPSA) is 142 Å². The van der Waals surface area contributed by atoms with Crippen LogP contribution in [-0.4, -0.2) is 33.7 Å². The van der Waals surface area contributed by atoms with Crippen LogP contribution in [-0.2, 0) is 11.3 Å². The molecule has 12 heteroatoms. The number of hydrogen-bond acceptors (Lipinski definition) is 9. The smallest absolute Gasteiger partial charge is 0.396 e. The summed E-state index contributed by atoms with van der Waals surface area (Å²) >= 11 is 0.919. The number of rotatable bonds is 6. The molecule has 0 aliphatic heterocycles. The number of benzene rings is 1. The molecule has 2 aromatic heterocycles. The van der Waals surface area contributed by atoms with Crippen LogP contribution in [0.15, 0.2) is 32.6 Å². The zero-order valence-electron chi connectivity index (χ0n) is 14.2. The Hall–Kier alpha value is -3.54. The molecule has 1 N–H and O–H groups in total. The highest BCUT2D eigenvalue weighted by Crippen LogP contribution is 2.28. The van der Waals surface area contributed by atoms with Gasteiger partial charge in [0.1, 0.15) is 6.20 Å². The molecule has 140 valence electrons. The minimum absolute atomic E-state index is 0.281. The molecule has 0 aliphatic carbocycles. The van der Waals surface area contributed by atoms with E-state index >= 15 is 0 Å². The summed E-state index contributed by atoms with van der Waals surface area (Å²) in [6, 6.07) is 3.26. The number of nitro groups is 1. The molecule has 0 radical (unpaired) electrons. The summed E-state index contributed by atoms with van der Waals surface area (Å²) in [6.45, 7) is 1.26. The second kappa shape index (κ2) is 7.37. The third-order valence-corrected chi connectivity index (χ3v) is 4.34. The van der Waals surface area contributed by atoms with Crippen molar-refractivity contribution in [1.29, 1.82) is 0 Å². The highest BCUT2D eigenvalue weighted by molar-refractivity contribution is 7.16. The first-order valence-electron chi connectivity index (χ1n) is 7.49. The number of nitrogens with one attached hydrogen (secondary N) is 1. The van der Waals surface area contributed by atoms with Crippen LogP contribution in [0.25, 0.3) is 10.3 Å². The van der Waals surface area contributed by atoms with E-state index in [9.17, 15) is 19.7 Å². The molecule has 0 saturated carbocycles. The Kier molecular flexibility index (Phi) is 4.98. The molecule has 0 aliphatic rings. The molecule has 27 heavy (non-hydrogen) atoms. The van der Waals surface area contributed by atoms with Crippen molar-refractivity contribution in [2.75, 3.05) is 7.11 Å². The van der Waals surface area contributed by atoms with Gasteiger partial charge in [0.2, 0.25) is 0 Å². The lowest BCUT2D eigenvalue weighted by molar-refractivity contribution is -0.392. The van der Waals surface area contributed by atoms with Crippen LogP contribution >= 0.6 is 11.3 Å². The Labute approximate surface area is 155 Å². The van der Waals surface area contributed by atoms with Crippen molar-refractivity contribution in [2.45, 2.75) is 13.5 Å². The fraction of sp³-hybridized carbons (Fsp3) is 0.200. The minimum Gasteiger partial charge on any atom is -0.493 e. The zero-order chi connectivity index (χ0) is 19.6. The molecule has 0 fully saturated rings. The van der Waals surface area contributed by atoms with Gasteiger partial charge < -0.3 is 19.3 Å². The third kappa shape index (κ3) is 3.84. The number of hydrogen-bond donors (Lipinski definition) is 1. The number of nitrogens with zero attached hydrogens (tertiary/aromatic N) is 4. The van der Waals surface area contributed by atoms with E-state index in [1.54, 1.807) is 19.1 Å². The van der Waals surface area contributed by atoms with Gasteiger partial charge in [-0.15, -0.1) is 0 Å². The van der Waals surface area contributed by atoms with Crippen LogP contribution in [0.1, 0.15) is 11.4 Å². The van der Waals surface area contributed by atoms with Crippen LogP contribution in [0.5, 0.6) is 5.75 Å². The summed E-state index contributed by atoms with van der Waals surface area (Å²) in [5.74, 6) is -0.137. The molecular formula is C15H13N5O6S. The van der Waals surface area contributed by atoms with Gasteiger partial charge in [0.15, 0.2) is 23.7 Å². The highest BCUT2D eigenvalue weighted by Gasteiger charge is 2.19. The summed E-state index contributed by atoms with van der Waals surface area (Å²) in [5, 5.41) is 14.8. The number of carbonyl (C=O) groups is 1. The largest absolute Gasteiger partial charge is 0.493 e. The minimum atomic E-state index is -0.617. The number of carbonyl (C=O) groups excluding carboxylic acids is 1. The standard InChI is InChI=1S/C15H13N5O6S/c1-8-16-6-13(20(23)24)19(8)7-12(21)18-17-5-9-3-10(25-2)14-11(4-9)27-15(22)26-14/h3-6H,7H2,1-2H3,(H,18,21). The van der Waals surface area contributed by atoms with Gasteiger partial charge in [0.25, 0.3) is 5.91 Å². The maximum absolute atomic E-state index is 12.0. The summed E-state index contributed by atoms with van der Waals surface area (Å²) in [4.78, 5) is 37.0. The van der Waals surface area contributed by atoms with E-state index in [4.69, 9.17) is 9.15 Å². The summed E-state index contributed by atoms with van der Waals surface area (Å²) in [7, 11) is 1.44. The summed E-state index contributed by atoms with van der Waals surface area (Å²) < 4.78 is 12.0. The quantitative estimate of drug-likeness (QED) is 0.380. The molecule has 3 rings (SSSR count). The SMILES string of the molecule is COc1cc(C=NNC(=O)Cn2c([N+](=O)[O-])cnc2C)cc2sc(=O)oc12. The zero-order valence-corrected chi connectivity index (χ0v) is 15.0. The molecule has 3 aromatic rings. The van der Waals surface area contributed by atoms with Crippen molar-refractivity contribution in [3.63, 3.8) is 0 Å². The molecule has 0 saturated heterocycles. The van der Waals surface area contributed by atoms with Crippen molar-refractivity contribution >= 4 is 39.6 Å². The van der Waals surface area contributed by atoms with E-state index in [1.165, 1.54) is 17.9 Å². The van der Waals surface area contributed by atoms with Crippen LogP contribution in [0, 0.1) is 17.0 Å². The van der Waals surface area contributed by atoms with Crippen molar-refractivity contribution in [2.24, 2.45) is 5.10 Å². The molecule has 0 spiro atoms. The maximum atomic E-state index is 12.0. The fourth-order valence-electron chi connectivity index (χ4n) is 2.35. The lowest BCUT2D eigenvalue weighted by Crippen LogP contribution is -2.24. The average Bonchev–Trinajstić information content (AvgIpc) is 3.16. The normalized spacial score (nSPS) is 11.2. The Balaban J connectivity index is 1.73. The van der Waals surface area contributed by atoms with Crippen molar-refractivity contribution in [1.82, 2.24) is 15.0 Å². The highest BCUT2D eigenvalue weighted by atomic mass is 32.1. The number of fused-ring (bicyclic) bond motifs is 1. The summed E-state index contributed by atoms with van der Waals surface area (Å²) in [5.41, 5.74) is 3.21. The van der Waals surface area contributed by atoms with Gasteiger partial charge in [-0.25, -0.2) is 19.8 Å². The Bertz CT molecular complexity index is 1110. The monoisotopic (exact) mass is 391 g/mol. The molecule has 1 aromatic carbocycles. The van der Waals surface area contributed by atoms with Crippen LogP contribution < -0.4 is 15.1 Å². The first kappa shape index (κ1) is 18.3. The van der Waals surface area contributed by atoms with E-state index in [1.807, 2.05) is 0 Å². The van der Waals surface area contributed by atoms with Crippen LogP contribution in [0.3, 0.4) is 0 Å². The number of ether oxygens (including phenoxy) is 1. The van der Waals surface area contributed by atoms with E-state index in [0.717, 1.165) is 17.5 Å². The third-order valence-electron chi connectivity index (χ3n) is 3.57. The predicted molar refractivity (Wildman–Crippen MR) is 96.3 cm³/mol. The van der Waals surface area contributed by atoms with Crippen molar-refractivity contribution < 1.29 is 18.9 Å². The number of aryl methyl sites for hydroxylation is 1. The lowest BCUT2D eigenvalue weighted by atomic mass is 10.2. The number of aromatic nitrogens is 2. The van der Waals surface area contributed by atoms with Gasteiger partial charge in [-0.2, -0.15) is 5.10 Å². The number of methoxy groups -OCH3 is 1. The Morgan fingerprint density at radius 2 is 2.33 bits per heavy atom. The van der Waals surface area contributed by atoms with E-state index in [0.29, 0.717) is 27.4 Å². The van der Waals surface area contributed by atoms with E-state index < -0.39 is 15.8 Å². The Morgan fingerprint density at radius 3 is 3.04 bits per heavy atom. The van der Waals surface area contributed by atoms with Gasteiger partial charge in [0.05, 0.1) is 18.0 Å². The van der Waals surface area contributed by atoms with Crippen LogP contribution in [0.2, 0.25) is 0 Å². The average molecular weight is 391 g/mol. The van der Waals surface area contributed by atoms with Gasteiger partial charge in [-0.05, 0) is 22.6 Å². The van der Waals surface area contributed by atoms with Crippen molar-refractivity contribution in [3.8, 4) is 5.75 Å². The molecule has 0 bridgehead atoms. The van der Waals surface area contributed by atoms with E-state index in [2.05, 4.69) is 15.5 Å². The second-order valence-electron chi connectivity index (χ2n) is 5.30. The summed E-state index contributed by atoms with van der Waals surface area (Å²) in [6.07, 6.45) is 2.45. The second-order valence-corrected chi connectivity index (χ2v) is 6.28. The Morgan fingerprint density at radius 1 is 1.56 bits per heavy atom. The lowest BCUT2D eigenvalue weighted by Gasteiger charge is -2.03. The fourth-order valence-corrected chi connectivity index (χ4v) is 3.08. The van der Waals surface area contributed by atoms with Gasteiger partial charge in [-0.3, -0.25) is 4.79 Å². The molecule has 1 amide bonds. The number of hydrazone groups is 1. The molecule has 11 nitrogen and oxygen atoms in total. The van der Waals surface area contributed by atoms with Crippen LogP contribution in [0.4, 0.5) is 5.82 Å². The first-order chi connectivity index (χ1) is 12.9. The van der Waals surface area contributed by atoms with Gasteiger partial charge in [0, 0.05) is 6.92 Å². The van der Waals surface area contributed by atoms with Gasteiger partial charge in [-0.1, -0.05) is 11.3 Å². The molecule has 0 atom stereocenters.